The molecule has 1 saturated heterocycles. The van der Waals surface area contributed by atoms with Crippen LogP contribution in [0.2, 0.25) is 0 Å². The van der Waals surface area contributed by atoms with Crippen molar-refractivity contribution >= 4 is 44.0 Å². The molecule has 0 saturated carbocycles. The van der Waals surface area contributed by atoms with Gasteiger partial charge in [-0.1, -0.05) is 35.1 Å². The van der Waals surface area contributed by atoms with Crippen LogP contribution < -0.4 is 0 Å². The minimum atomic E-state index is -4.94. The summed E-state index contributed by atoms with van der Waals surface area (Å²) in [6, 6.07) is 6.94. The van der Waals surface area contributed by atoms with Gasteiger partial charge in [-0.3, -0.25) is 13.9 Å². The highest BCUT2D eigenvalue weighted by molar-refractivity contribution is 8.14. The van der Waals surface area contributed by atoms with Gasteiger partial charge in [0.1, 0.15) is 34.9 Å². The topological polar surface area (TPSA) is 188 Å². The second-order valence-electron chi connectivity index (χ2n) is 7.04. The first-order chi connectivity index (χ1) is 15.0. The summed E-state index contributed by atoms with van der Waals surface area (Å²) in [7, 11) is -4.94. The molecule has 1 aromatic heterocycles. The first kappa shape index (κ1) is 24.6. The fourth-order valence-corrected chi connectivity index (χ4v) is 4.61. The van der Waals surface area contributed by atoms with Crippen LogP contribution >= 0.6 is 11.8 Å². The number of thioether (sulfide) groups is 1. The van der Waals surface area contributed by atoms with Gasteiger partial charge >= 0.3 is 10.4 Å². The zero-order valence-corrected chi connectivity index (χ0v) is 18.3. The highest BCUT2D eigenvalue weighted by atomic mass is 32.3. The van der Waals surface area contributed by atoms with Gasteiger partial charge in [-0.25, -0.2) is 4.28 Å². The van der Waals surface area contributed by atoms with E-state index in [1.807, 2.05) is 0 Å². The molecule has 1 fully saturated rings. The van der Waals surface area contributed by atoms with E-state index in [0.29, 0.717) is 28.2 Å². The van der Waals surface area contributed by atoms with Crippen LogP contribution in [0.1, 0.15) is 17.3 Å². The summed E-state index contributed by atoms with van der Waals surface area (Å²) in [4.78, 5) is 12.0. The average molecular weight is 491 g/mol. The number of ether oxygens (including phenoxy) is 1. The summed E-state index contributed by atoms with van der Waals surface area (Å²) < 4.78 is 41.9. The van der Waals surface area contributed by atoms with Gasteiger partial charge in [-0.05, 0) is 11.6 Å². The molecule has 2 heterocycles. The van der Waals surface area contributed by atoms with Crippen LogP contribution in [-0.2, 0) is 25.8 Å². The molecule has 12 nitrogen and oxygen atoms in total. The lowest BCUT2D eigenvalue weighted by molar-refractivity contribution is -0.205. The first-order valence-corrected chi connectivity index (χ1v) is 11.6. The number of hydrogen-bond donors (Lipinski definition) is 5. The Kier molecular flexibility index (Phi) is 7.57. The lowest BCUT2D eigenvalue weighted by Gasteiger charge is -2.39. The Hall–Kier alpha value is -2.04. The molecular formula is C18H22N2O10S2. The number of aliphatic hydroxyl groups is 4. The van der Waals surface area contributed by atoms with E-state index in [4.69, 9.17) is 9.29 Å². The number of oxime groups is 1. The SMILES string of the molecule is CC(=O)n1cc(C/C(=N/OS(=O)(=O)O)S[C@@H]2O[C@H](CO)[C@@H](O)[C@H](O)[C@@H]2O)c2ccccc21. The first-order valence-electron chi connectivity index (χ1n) is 9.32. The van der Waals surface area contributed by atoms with E-state index >= 15 is 0 Å². The summed E-state index contributed by atoms with van der Waals surface area (Å²) in [5.41, 5.74) is -0.121. The van der Waals surface area contributed by atoms with Crippen molar-refractivity contribution in [3.05, 3.63) is 36.0 Å². The zero-order valence-electron chi connectivity index (χ0n) is 16.7. The van der Waals surface area contributed by atoms with Crippen LogP contribution in [-0.4, -0.2) is 85.4 Å². The maximum Gasteiger partial charge on any atom is 0.466 e. The molecular weight excluding hydrogens is 468 g/mol. The predicted octanol–water partition coefficient (Wildman–Crippen LogP) is -0.490. The standard InChI is InChI=1S/C18H22N2O10S2/c1-9(22)20-7-10(11-4-2-3-5-12(11)20)6-14(19-30-32(26,27)28)31-18-17(25)16(24)15(23)13(8-21)29-18/h2-5,7,13,15-18,21,23-25H,6,8H2,1H3,(H,26,27,28)/b19-14-/t13-,15-,16+,17+,18+/m1/s1. The van der Waals surface area contributed by atoms with Gasteiger partial charge < -0.3 is 25.2 Å². The van der Waals surface area contributed by atoms with Gasteiger partial charge in [0, 0.05) is 24.9 Å². The predicted molar refractivity (Wildman–Crippen MR) is 113 cm³/mol. The molecule has 5 N–H and O–H groups in total. The van der Waals surface area contributed by atoms with E-state index in [2.05, 4.69) is 9.44 Å². The fourth-order valence-electron chi connectivity index (χ4n) is 3.30. The highest BCUT2D eigenvalue weighted by Crippen LogP contribution is 2.31. The number of carbonyl (C=O) groups excluding carboxylic acids is 1. The smallest absolute Gasteiger partial charge is 0.394 e. The molecule has 0 radical (unpaired) electrons. The van der Waals surface area contributed by atoms with Crippen molar-refractivity contribution in [1.82, 2.24) is 4.57 Å². The van der Waals surface area contributed by atoms with Crippen molar-refractivity contribution in [2.24, 2.45) is 5.16 Å². The molecule has 1 aromatic carbocycles. The van der Waals surface area contributed by atoms with Crippen LogP contribution in [0.4, 0.5) is 0 Å². The molecule has 176 valence electrons. The maximum absolute atomic E-state index is 12.0. The molecule has 2 aromatic rings. The average Bonchev–Trinajstić information content (AvgIpc) is 3.10. The van der Waals surface area contributed by atoms with Gasteiger partial charge in [-0.2, -0.15) is 8.42 Å². The molecule has 5 atom stereocenters. The quantitative estimate of drug-likeness (QED) is 0.152. The van der Waals surface area contributed by atoms with Gasteiger partial charge in [-0.15, -0.1) is 0 Å². The monoisotopic (exact) mass is 490 g/mol. The number of aromatic nitrogens is 1. The Bertz CT molecular complexity index is 1110. The fraction of sp³-hybridized carbons (Fsp3) is 0.444. The third-order valence-electron chi connectivity index (χ3n) is 4.81. The van der Waals surface area contributed by atoms with E-state index in [0.717, 1.165) is 0 Å². The number of fused-ring (bicyclic) bond motifs is 1. The van der Waals surface area contributed by atoms with Crippen LogP contribution in [0.3, 0.4) is 0 Å². The normalized spacial score (nSPS) is 26.9. The van der Waals surface area contributed by atoms with Gasteiger partial charge in [0.25, 0.3) is 0 Å². The second kappa shape index (κ2) is 9.84. The van der Waals surface area contributed by atoms with Gasteiger partial charge in [0.15, 0.2) is 0 Å². The molecule has 3 rings (SSSR count). The molecule has 0 spiro atoms. The summed E-state index contributed by atoms with van der Waals surface area (Å²) in [6.45, 7) is 0.720. The molecule has 0 amide bonds. The number of hydrogen-bond acceptors (Lipinski definition) is 11. The number of carbonyl (C=O) groups is 1. The number of benzene rings is 1. The van der Waals surface area contributed by atoms with Gasteiger partial charge in [0.2, 0.25) is 5.91 Å². The van der Waals surface area contributed by atoms with Crippen LogP contribution in [0.5, 0.6) is 0 Å². The lowest BCUT2D eigenvalue weighted by Crippen LogP contribution is -2.57. The number of rotatable bonds is 6. The molecule has 0 aliphatic carbocycles. The minimum absolute atomic E-state index is 0.0987. The molecule has 1 aliphatic rings. The van der Waals surface area contributed by atoms with E-state index in [9.17, 15) is 33.6 Å². The van der Waals surface area contributed by atoms with E-state index in [1.165, 1.54) is 17.7 Å². The second-order valence-corrected chi connectivity index (χ2v) is 9.22. The Morgan fingerprint density at radius 3 is 2.53 bits per heavy atom. The van der Waals surface area contributed by atoms with Crippen LogP contribution in [0.15, 0.2) is 35.6 Å². The van der Waals surface area contributed by atoms with E-state index in [-0.39, 0.29) is 17.4 Å². The molecule has 1 aliphatic heterocycles. The van der Waals surface area contributed by atoms with Crippen molar-refractivity contribution in [3.8, 4) is 0 Å². The van der Waals surface area contributed by atoms with Crippen LogP contribution in [0, 0.1) is 0 Å². The highest BCUT2D eigenvalue weighted by Gasteiger charge is 2.44. The maximum atomic E-state index is 12.0. The molecule has 14 heteroatoms. The van der Waals surface area contributed by atoms with Crippen molar-refractivity contribution in [3.63, 3.8) is 0 Å². The Morgan fingerprint density at radius 1 is 1.22 bits per heavy atom. The van der Waals surface area contributed by atoms with E-state index in [1.54, 1.807) is 24.3 Å². The summed E-state index contributed by atoms with van der Waals surface area (Å²) >= 11 is 0.661. The molecule has 0 bridgehead atoms. The zero-order chi connectivity index (χ0) is 23.6. The Labute approximate surface area is 187 Å². The number of para-hydroxylation sites is 1. The summed E-state index contributed by atoms with van der Waals surface area (Å²) in [6.07, 6.45) is -4.60. The lowest BCUT2D eigenvalue weighted by atomic mass is 10.0. The van der Waals surface area contributed by atoms with Crippen molar-refractivity contribution < 1.29 is 47.2 Å². The summed E-state index contributed by atoms with van der Waals surface area (Å²) in [5.74, 6) is -0.262. The van der Waals surface area contributed by atoms with Crippen molar-refractivity contribution in [2.45, 2.75) is 43.2 Å². The summed E-state index contributed by atoms with van der Waals surface area (Å²) in [5, 5.41) is 43.5. The van der Waals surface area contributed by atoms with Gasteiger partial charge in [0.05, 0.1) is 12.1 Å². The van der Waals surface area contributed by atoms with Crippen molar-refractivity contribution in [2.75, 3.05) is 6.61 Å². The minimum Gasteiger partial charge on any atom is -0.394 e. The largest absolute Gasteiger partial charge is 0.466 e. The molecule has 0 unspecified atom stereocenters. The molecule has 32 heavy (non-hydrogen) atoms. The Balaban J connectivity index is 1.94. The third kappa shape index (κ3) is 5.47. The number of nitrogens with zero attached hydrogens (tertiary/aromatic N) is 2. The van der Waals surface area contributed by atoms with Crippen LogP contribution in [0.25, 0.3) is 10.9 Å². The Morgan fingerprint density at radius 2 is 1.91 bits per heavy atom. The van der Waals surface area contributed by atoms with Crippen molar-refractivity contribution in [1.29, 1.82) is 0 Å². The third-order valence-corrected chi connectivity index (χ3v) is 6.19. The van der Waals surface area contributed by atoms with E-state index < -0.39 is 46.9 Å². The number of aliphatic hydroxyl groups excluding tert-OH is 4.